The van der Waals surface area contributed by atoms with E-state index in [2.05, 4.69) is 0 Å². The van der Waals surface area contributed by atoms with Gasteiger partial charge in [0.2, 0.25) is 0 Å². The van der Waals surface area contributed by atoms with Crippen molar-refractivity contribution >= 4 is 43.6 Å². The number of hydrogen-bond donors (Lipinski definition) is 0. The lowest BCUT2D eigenvalue weighted by Gasteiger charge is -2.20. The molecule has 0 saturated carbocycles. The molecule has 2 heterocycles. The minimum Gasteiger partial charge on any atom is -0.309 e. The fourth-order valence-electron chi connectivity index (χ4n) is 7.58. The Kier molecular flexibility index (Phi) is 3.88. The second kappa shape index (κ2) is 13.2. The molecule has 56 heavy (non-hydrogen) atoms. The predicted octanol–water partition coefficient (Wildman–Crippen LogP) is 14.5. The first-order chi connectivity index (χ1) is 37.3. The zero-order valence-corrected chi connectivity index (χ0v) is 28.9. The van der Waals surface area contributed by atoms with Gasteiger partial charge in [-0.1, -0.05) is 163 Å². The minimum atomic E-state index is -0.760. The maximum absolute atomic E-state index is 9.27. The smallest absolute Gasteiger partial charge is 0.0645 e. The van der Waals surface area contributed by atoms with Crippen molar-refractivity contribution in [3.8, 4) is 55.9 Å². The fraction of sp³-hybridized carbons (Fsp3) is 0. The van der Waals surface area contributed by atoms with Gasteiger partial charge in [-0.2, -0.15) is 0 Å². The number of hydrogen-bond acceptors (Lipinski definition) is 0. The Morgan fingerprint density at radius 2 is 0.875 bits per heavy atom. The van der Waals surface area contributed by atoms with Crippen molar-refractivity contribution in [2.75, 3.05) is 0 Å². The summed E-state index contributed by atoms with van der Waals surface area (Å²) < 4.78 is 207. The van der Waals surface area contributed by atoms with E-state index in [9.17, 15) is 8.22 Å². The molecule has 0 spiro atoms. The van der Waals surface area contributed by atoms with Crippen LogP contribution in [-0.2, 0) is 0 Å². The van der Waals surface area contributed by atoms with Crippen LogP contribution >= 0.6 is 0 Å². The van der Waals surface area contributed by atoms with Gasteiger partial charge in [0.25, 0.3) is 0 Å². The lowest BCUT2D eigenvalue weighted by Crippen LogP contribution is -1.98. The van der Waals surface area contributed by atoms with E-state index >= 15 is 0 Å². The SMILES string of the molecule is [2H]c1c([2H])c([2H])c(-c2cc(-c3c([2H])c([2H])c([2H])c([2H])c3[2H])c(-c3cccc(-n4c5ccccc5c5c(-n6c7c([2H])c([2H])c([2H])c([2H])c7c7c([2H])c([2H])c([2H])c([2H])c76)cccc54)c3)c(-c3c([2H])c([2H])c([2H])c([2H])c3[2H])c2)c([2H])c1[2H]. The van der Waals surface area contributed by atoms with Crippen LogP contribution < -0.4 is 0 Å². The zero-order valence-electron chi connectivity index (χ0n) is 51.9. The molecule has 0 saturated heterocycles. The van der Waals surface area contributed by atoms with Crippen molar-refractivity contribution in [3.63, 3.8) is 0 Å². The molecule has 0 aliphatic heterocycles. The van der Waals surface area contributed by atoms with Crippen LogP contribution in [0, 0.1) is 0 Å². The molecule has 0 bridgehead atoms. The number of para-hydroxylation sites is 3. The van der Waals surface area contributed by atoms with E-state index in [-0.39, 0.29) is 55.3 Å². The number of aromatic nitrogens is 2. The summed E-state index contributed by atoms with van der Waals surface area (Å²) in [7, 11) is 0. The van der Waals surface area contributed by atoms with Crippen LogP contribution in [0.4, 0.5) is 0 Å². The molecule has 0 aliphatic carbocycles. The second-order valence-corrected chi connectivity index (χ2v) is 12.8. The second-order valence-electron chi connectivity index (χ2n) is 12.8. The van der Waals surface area contributed by atoms with Gasteiger partial charge in [0.05, 0.1) is 59.3 Å². The van der Waals surface area contributed by atoms with Crippen molar-refractivity contribution in [2.45, 2.75) is 0 Å². The molecule has 262 valence electrons. The van der Waals surface area contributed by atoms with Crippen LogP contribution in [0.25, 0.3) is 99.5 Å². The lowest BCUT2D eigenvalue weighted by molar-refractivity contribution is 1.17. The largest absolute Gasteiger partial charge is 0.309 e. The van der Waals surface area contributed by atoms with Crippen LogP contribution in [-0.4, -0.2) is 9.13 Å². The Morgan fingerprint density at radius 1 is 0.339 bits per heavy atom. The standard InChI is InChI=1S/C54H36N2/c1-4-18-37(19-5-1)41-35-46(38-20-6-2-7-21-38)53(47(36-41)39-22-8-3-9-23-39)40-24-16-25-42(34-40)55-50-31-15-12-28-45(50)54-51(55)32-17-33-52(54)56-48-29-13-10-26-43(48)44-27-11-14-30-49(44)56/h1-36H/i1D,2D,3D,4D,5D,6D,7D,8D,9D,10D,11D,13D,14D,18D,19D,20D,21D,22D,23D,26D,27D,29D,30D. The Balaban J connectivity index is 1.30. The van der Waals surface area contributed by atoms with Gasteiger partial charge in [-0.15, -0.1) is 0 Å². The van der Waals surface area contributed by atoms with Crippen LogP contribution in [0.2, 0.25) is 0 Å². The first-order valence-corrected chi connectivity index (χ1v) is 17.4. The maximum atomic E-state index is 9.27. The van der Waals surface area contributed by atoms with Gasteiger partial charge in [0.1, 0.15) is 0 Å². The highest BCUT2D eigenvalue weighted by Crippen LogP contribution is 2.45. The molecule has 0 radical (unpaired) electrons. The number of nitrogens with zero attached hydrogens (tertiary/aromatic N) is 2. The highest BCUT2D eigenvalue weighted by molar-refractivity contribution is 6.16. The third kappa shape index (κ3) is 5.11. The van der Waals surface area contributed by atoms with E-state index in [1.165, 1.54) is 16.7 Å². The highest BCUT2D eigenvalue weighted by atomic mass is 15.0. The molecule has 11 rings (SSSR count). The summed E-state index contributed by atoms with van der Waals surface area (Å²) in [6, 6.07) is 5.90. The molecule has 2 heteroatoms. The molecule has 0 N–H and O–H groups in total. The summed E-state index contributed by atoms with van der Waals surface area (Å²) in [5.41, 5.74) is -0.297. The van der Waals surface area contributed by atoms with Crippen LogP contribution in [0.5, 0.6) is 0 Å². The summed E-state index contributed by atoms with van der Waals surface area (Å²) in [6.45, 7) is 0. The Bertz CT molecular complexity index is 4340. The molecule has 2 aromatic heterocycles. The summed E-state index contributed by atoms with van der Waals surface area (Å²) >= 11 is 0. The summed E-state index contributed by atoms with van der Waals surface area (Å²) in [6.07, 6.45) is 0. The van der Waals surface area contributed by atoms with Gasteiger partial charge in [-0.25, -0.2) is 0 Å². The third-order valence-electron chi connectivity index (χ3n) is 9.81. The van der Waals surface area contributed by atoms with Gasteiger partial charge in [0.15, 0.2) is 0 Å². The van der Waals surface area contributed by atoms with Crippen molar-refractivity contribution in [1.29, 1.82) is 0 Å². The van der Waals surface area contributed by atoms with Crippen molar-refractivity contribution in [3.05, 3.63) is 218 Å². The molecule has 0 atom stereocenters. The minimum absolute atomic E-state index is 0.0509. The highest BCUT2D eigenvalue weighted by Gasteiger charge is 2.21. The topological polar surface area (TPSA) is 9.86 Å². The number of fused-ring (bicyclic) bond motifs is 6. The maximum Gasteiger partial charge on any atom is 0.0645 e. The van der Waals surface area contributed by atoms with Gasteiger partial charge in [-0.05, 0) is 99.1 Å². The van der Waals surface area contributed by atoms with Crippen molar-refractivity contribution in [2.24, 2.45) is 0 Å². The molecule has 0 fully saturated rings. The zero-order chi connectivity index (χ0) is 57.0. The molecular formula is C54H36N2. The average molecular weight is 736 g/mol. The van der Waals surface area contributed by atoms with E-state index in [4.69, 9.17) is 23.3 Å². The molecule has 0 amide bonds. The number of benzene rings is 9. The van der Waals surface area contributed by atoms with Crippen molar-refractivity contribution in [1.82, 2.24) is 9.13 Å². The first kappa shape index (κ1) is 16.5. The van der Waals surface area contributed by atoms with E-state index in [0.717, 1.165) is 0 Å². The third-order valence-corrected chi connectivity index (χ3v) is 9.81. The molecule has 0 unspecified atom stereocenters. The van der Waals surface area contributed by atoms with Crippen LogP contribution in [0.3, 0.4) is 0 Å². The van der Waals surface area contributed by atoms with Gasteiger partial charge < -0.3 is 9.13 Å². The van der Waals surface area contributed by atoms with Gasteiger partial charge >= 0.3 is 0 Å². The quantitative estimate of drug-likeness (QED) is 0.161. The lowest BCUT2D eigenvalue weighted by atomic mass is 9.84. The monoisotopic (exact) mass is 735 g/mol. The number of rotatable bonds is 6. The Labute approximate surface area is 358 Å². The van der Waals surface area contributed by atoms with E-state index in [0.29, 0.717) is 27.5 Å². The molecule has 9 aromatic carbocycles. The van der Waals surface area contributed by atoms with E-state index in [1.54, 1.807) is 66.7 Å². The summed E-state index contributed by atoms with van der Waals surface area (Å²) in [5.74, 6) is 0. The van der Waals surface area contributed by atoms with Gasteiger partial charge in [-0.3, -0.25) is 0 Å². The molecule has 11 aromatic rings. The van der Waals surface area contributed by atoms with Crippen LogP contribution in [0.1, 0.15) is 31.5 Å². The molecule has 2 nitrogen and oxygen atoms in total. The normalized spacial score (nSPS) is 17.3. The fourth-order valence-corrected chi connectivity index (χ4v) is 7.58. The summed E-state index contributed by atoms with van der Waals surface area (Å²) in [4.78, 5) is 0. The molecule has 0 aliphatic rings. The Hall–Kier alpha value is -7.42. The van der Waals surface area contributed by atoms with Crippen molar-refractivity contribution < 1.29 is 31.5 Å². The Morgan fingerprint density at radius 3 is 1.52 bits per heavy atom. The predicted molar refractivity (Wildman–Crippen MR) is 237 cm³/mol. The van der Waals surface area contributed by atoms with E-state index in [1.807, 2.05) is 4.57 Å². The summed E-state index contributed by atoms with van der Waals surface area (Å²) in [5, 5.41) is 0.787. The molecular weight excluding hydrogens is 677 g/mol. The van der Waals surface area contributed by atoms with E-state index < -0.39 is 156 Å². The van der Waals surface area contributed by atoms with Gasteiger partial charge in [0, 0.05) is 27.2 Å². The first-order valence-electron chi connectivity index (χ1n) is 28.9. The average Bonchev–Trinajstić information content (AvgIpc) is 2.62. The van der Waals surface area contributed by atoms with Crippen LogP contribution in [0.15, 0.2) is 218 Å².